The summed E-state index contributed by atoms with van der Waals surface area (Å²) in [5.41, 5.74) is 3.23. The topological polar surface area (TPSA) is 66.0 Å². The van der Waals surface area contributed by atoms with E-state index in [0.717, 1.165) is 5.56 Å². The van der Waals surface area contributed by atoms with Crippen LogP contribution in [-0.4, -0.2) is 27.8 Å². The monoisotopic (exact) mass is 240 g/mol. The molecule has 1 radical (unpaired) electrons. The lowest BCUT2D eigenvalue weighted by Gasteiger charge is -2.13. The lowest BCUT2D eigenvalue weighted by Crippen LogP contribution is -2.13. The van der Waals surface area contributed by atoms with Crippen molar-refractivity contribution in [2.75, 3.05) is 21.3 Å². The van der Waals surface area contributed by atoms with Gasteiger partial charge in [0.1, 0.15) is 0 Å². The average Bonchev–Trinajstić information content (AvgIpc) is 2.37. The number of carbonyl (C=O) groups excluding carboxylic acids is 1. The number of rotatable bonds is 7. The van der Waals surface area contributed by atoms with E-state index in [2.05, 4.69) is 10.3 Å². The molecule has 0 atom stereocenters. The quantitative estimate of drug-likeness (QED) is 0.561. The highest BCUT2D eigenvalue weighted by molar-refractivity contribution is 5.53. The fraction of sp³-hybridized carbons (Fsp3) is 0.364. The molecule has 6 nitrogen and oxygen atoms in total. The number of ether oxygens (including phenoxy) is 3. The van der Waals surface area contributed by atoms with Crippen LogP contribution in [0.25, 0.3) is 0 Å². The van der Waals surface area contributed by atoms with E-state index in [9.17, 15) is 4.79 Å². The van der Waals surface area contributed by atoms with Gasteiger partial charge in [-0.3, -0.25) is 0 Å². The van der Waals surface area contributed by atoms with Gasteiger partial charge in [-0.05, 0) is 17.7 Å². The van der Waals surface area contributed by atoms with Crippen LogP contribution in [0.2, 0.25) is 0 Å². The Balaban J connectivity index is 2.96. The molecule has 0 saturated heterocycles. The summed E-state index contributed by atoms with van der Waals surface area (Å²) < 4.78 is 15.5. The molecule has 0 aliphatic heterocycles. The van der Waals surface area contributed by atoms with Gasteiger partial charge in [-0.15, -0.1) is 5.48 Å². The van der Waals surface area contributed by atoms with Gasteiger partial charge in [0.25, 0.3) is 0 Å². The van der Waals surface area contributed by atoms with E-state index in [4.69, 9.17) is 14.2 Å². The fourth-order valence-electron chi connectivity index (χ4n) is 1.39. The van der Waals surface area contributed by atoms with Gasteiger partial charge in [0.15, 0.2) is 11.5 Å². The van der Waals surface area contributed by atoms with Crippen molar-refractivity contribution >= 4 is 6.47 Å². The Bertz CT molecular complexity index is 355. The summed E-state index contributed by atoms with van der Waals surface area (Å²) in [7, 11) is 4.59. The van der Waals surface area contributed by atoms with Crippen LogP contribution in [0.15, 0.2) is 12.1 Å². The van der Waals surface area contributed by atoms with Gasteiger partial charge < -0.3 is 19.0 Å². The summed E-state index contributed by atoms with van der Waals surface area (Å²) in [6.07, 6.45) is 0. The van der Waals surface area contributed by atoms with Gasteiger partial charge in [-0.25, -0.2) is 4.79 Å². The molecule has 0 unspecified atom stereocenters. The molecule has 0 fully saturated rings. The molecule has 1 aromatic carbocycles. The van der Waals surface area contributed by atoms with Crippen LogP contribution >= 0.6 is 0 Å². The molecular weight excluding hydrogens is 226 g/mol. The van der Waals surface area contributed by atoms with Gasteiger partial charge in [-0.1, -0.05) is 0 Å². The molecule has 0 saturated carbocycles. The van der Waals surface area contributed by atoms with Crippen molar-refractivity contribution in [3.8, 4) is 17.2 Å². The van der Waals surface area contributed by atoms with E-state index in [1.807, 2.05) is 0 Å². The molecule has 0 aromatic heterocycles. The van der Waals surface area contributed by atoms with Crippen molar-refractivity contribution in [3.05, 3.63) is 17.7 Å². The van der Waals surface area contributed by atoms with Gasteiger partial charge >= 0.3 is 6.47 Å². The van der Waals surface area contributed by atoms with Crippen LogP contribution < -0.4 is 19.7 Å². The molecule has 0 heterocycles. The minimum atomic E-state index is 0.311. The average molecular weight is 240 g/mol. The van der Waals surface area contributed by atoms with E-state index >= 15 is 0 Å². The van der Waals surface area contributed by atoms with Gasteiger partial charge in [0.2, 0.25) is 5.75 Å². The third kappa shape index (κ3) is 3.25. The van der Waals surface area contributed by atoms with E-state index in [-0.39, 0.29) is 0 Å². The zero-order valence-electron chi connectivity index (χ0n) is 9.90. The molecule has 6 heteroatoms. The smallest absolute Gasteiger partial charge is 0.437 e. The molecule has 1 N–H and O–H groups in total. The van der Waals surface area contributed by atoms with E-state index in [0.29, 0.717) is 23.8 Å². The third-order valence-corrected chi connectivity index (χ3v) is 2.11. The maximum Gasteiger partial charge on any atom is 0.437 e. The number of hydrogen-bond donors (Lipinski definition) is 1. The third-order valence-electron chi connectivity index (χ3n) is 2.11. The second kappa shape index (κ2) is 6.59. The maximum absolute atomic E-state index is 9.86. The molecule has 0 aliphatic rings. The summed E-state index contributed by atoms with van der Waals surface area (Å²) in [4.78, 5) is 14.1. The Labute approximate surface area is 99.4 Å². The summed E-state index contributed by atoms with van der Waals surface area (Å²) in [5, 5.41) is 0. The van der Waals surface area contributed by atoms with Gasteiger partial charge in [-0.2, -0.15) is 0 Å². The van der Waals surface area contributed by atoms with Gasteiger partial charge in [0, 0.05) is 0 Å². The Morgan fingerprint density at radius 2 is 1.71 bits per heavy atom. The summed E-state index contributed by atoms with van der Waals surface area (Å²) in [6.45, 7) is 1.58. The first kappa shape index (κ1) is 13.1. The molecule has 0 aliphatic carbocycles. The summed E-state index contributed by atoms with van der Waals surface area (Å²) in [6, 6.07) is 3.50. The highest BCUT2D eigenvalue weighted by atomic mass is 16.7. The van der Waals surface area contributed by atoms with E-state index < -0.39 is 0 Å². The SMILES string of the molecule is COc1cc(CNO[C]=O)cc(OC)c1OC. The van der Waals surface area contributed by atoms with Crippen LogP contribution in [0, 0.1) is 0 Å². The van der Waals surface area contributed by atoms with E-state index in [1.165, 1.54) is 27.8 Å². The number of hydroxylamine groups is 1. The van der Waals surface area contributed by atoms with Crippen molar-refractivity contribution < 1.29 is 23.8 Å². The molecule has 0 spiro atoms. The second-order valence-corrected chi connectivity index (χ2v) is 3.04. The lowest BCUT2D eigenvalue weighted by atomic mass is 10.2. The normalized spacial score (nSPS) is 9.59. The first-order chi connectivity index (χ1) is 8.26. The largest absolute Gasteiger partial charge is 0.493 e. The van der Waals surface area contributed by atoms with Crippen molar-refractivity contribution in [2.24, 2.45) is 0 Å². The molecule has 93 valence electrons. The number of methoxy groups -OCH3 is 3. The number of benzene rings is 1. The zero-order valence-corrected chi connectivity index (χ0v) is 9.90. The molecule has 1 rings (SSSR count). The Morgan fingerprint density at radius 1 is 1.12 bits per heavy atom. The number of hydrogen-bond acceptors (Lipinski definition) is 6. The highest BCUT2D eigenvalue weighted by Gasteiger charge is 2.12. The minimum Gasteiger partial charge on any atom is -0.493 e. The molecule has 0 amide bonds. The van der Waals surface area contributed by atoms with Crippen LogP contribution in [-0.2, 0) is 16.2 Å². The molecule has 1 aromatic rings. The van der Waals surface area contributed by atoms with Crippen molar-refractivity contribution in [1.82, 2.24) is 5.48 Å². The zero-order chi connectivity index (χ0) is 12.7. The van der Waals surface area contributed by atoms with Crippen LogP contribution in [0.5, 0.6) is 17.2 Å². The second-order valence-electron chi connectivity index (χ2n) is 3.04. The van der Waals surface area contributed by atoms with E-state index in [1.54, 1.807) is 12.1 Å². The number of nitrogens with one attached hydrogen (secondary N) is 1. The predicted octanol–water partition coefficient (Wildman–Crippen LogP) is 0.801. The first-order valence-corrected chi connectivity index (χ1v) is 4.81. The standard InChI is InChI=1S/C11H14NO5/c1-14-9-4-8(6-12-17-7-13)5-10(15-2)11(9)16-3/h4-5,12H,6H2,1-3H3. The first-order valence-electron chi connectivity index (χ1n) is 4.81. The van der Waals surface area contributed by atoms with Crippen LogP contribution in [0.3, 0.4) is 0 Å². The van der Waals surface area contributed by atoms with Crippen molar-refractivity contribution in [2.45, 2.75) is 6.54 Å². The minimum absolute atomic E-state index is 0.311. The van der Waals surface area contributed by atoms with Crippen molar-refractivity contribution in [1.29, 1.82) is 0 Å². The Hall–Kier alpha value is -1.95. The summed E-state index contributed by atoms with van der Waals surface area (Å²) in [5.74, 6) is 1.60. The predicted molar refractivity (Wildman–Crippen MR) is 59.7 cm³/mol. The Kier molecular flexibility index (Phi) is 5.09. The molecular formula is C11H14NO5. The van der Waals surface area contributed by atoms with Crippen molar-refractivity contribution in [3.63, 3.8) is 0 Å². The highest BCUT2D eigenvalue weighted by Crippen LogP contribution is 2.38. The maximum atomic E-state index is 9.86. The molecule has 17 heavy (non-hydrogen) atoms. The fourth-order valence-corrected chi connectivity index (χ4v) is 1.39. The Morgan fingerprint density at radius 3 is 2.12 bits per heavy atom. The van der Waals surface area contributed by atoms with Crippen LogP contribution in [0.1, 0.15) is 5.56 Å². The lowest BCUT2D eigenvalue weighted by molar-refractivity contribution is 0.164. The summed E-state index contributed by atoms with van der Waals surface area (Å²) >= 11 is 0. The van der Waals surface area contributed by atoms with Gasteiger partial charge in [0.05, 0.1) is 27.9 Å². The van der Waals surface area contributed by atoms with Crippen LogP contribution in [0.4, 0.5) is 0 Å². The molecule has 0 bridgehead atoms.